The molecule has 1 aliphatic carbocycles. The van der Waals surface area contributed by atoms with Gasteiger partial charge in [0.25, 0.3) is 0 Å². The molecule has 7 heteroatoms. The molecule has 0 saturated heterocycles. The number of rotatable bonds is 1. The Morgan fingerprint density at radius 1 is 0.850 bits per heavy atom. The summed E-state index contributed by atoms with van der Waals surface area (Å²) in [7, 11) is 0. The van der Waals surface area contributed by atoms with Crippen molar-refractivity contribution in [1.82, 2.24) is 0 Å². The molecule has 1 aliphatic rings. The van der Waals surface area contributed by atoms with E-state index in [2.05, 4.69) is 95.6 Å². The largest absolute Gasteiger partial charge is 0.395 e. The third-order valence-corrected chi connectivity index (χ3v) is 15.8. The average molecular weight is 672 g/mol. The van der Waals surface area contributed by atoms with E-state index in [0.717, 1.165) is 19.3 Å². The summed E-state index contributed by atoms with van der Waals surface area (Å²) < 4.78 is -1.39. The predicted molar refractivity (Wildman–Crippen MR) is 110 cm³/mol. The van der Waals surface area contributed by atoms with Crippen LogP contribution in [0.2, 0.25) is 0 Å². The van der Waals surface area contributed by atoms with Crippen LogP contribution in [0.1, 0.15) is 51.4 Å². The van der Waals surface area contributed by atoms with E-state index in [9.17, 15) is 5.11 Å². The van der Waals surface area contributed by atoms with Crippen LogP contribution in [0.25, 0.3) is 0 Å². The van der Waals surface area contributed by atoms with Gasteiger partial charge in [0.1, 0.15) is 6.47 Å². The topological polar surface area (TPSA) is 20.2 Å². The third-order valence-electron chi connectivity index (χ3n) is 3.91. The van der Waals surface area contributed by atoms with Crippen molar-refractivity contribution in [3.05, 3.63) is 0 Å². The molecule has 0 spiro atoms. The van der Waals surface area contributed by atoms with Crippen molar-refractivity contribution in [2.45, 2.75) is 67.0 Å². The fourth-order valence-electron chi connectivity index (χ4n) is 2.45. The molecule has 0 aromatic heterocycles. The van der Waals surface area contributed by atoms with E-state index in [1.807, 2.05) is 0 Å². The van der Waals surface area contributed by atoms with Crippen LogP contribution in [0.4, 0.5) is 0 Å². The summed E-state index contributed by atoms with van der Waals surface area (Å²) in [6.45, 7) is 0.0577. The van der Waals surface area contributed by atoms with Gasteiger partial charge >= 0.3 is 0 Å². The molecule has 2 unspecified atom stereocenters. The van der Waals surface area contributed by atoms with Gasteiger partial charge in [-0.15, -0.1) is 0 Å². The SMILES string of the molecule is OCC1(Br)CCCCCCCCC(Br)C(Br)(Br)C1(Br)Br. The maximum Gasteiger partial charge on any atom is 0.124 e. The number of halogens is 6. The number of aliphatic hydroxyl groups excluding tert-OH is 1. The van der Waals surface area contributed by atoms with E-state index in [-0.39, 0.29) is 11.4 Å². The van der Waals surface area contributed by atoms with E-state index in [4.69, 9.17) is 0 Å². The zero-order valence-electron chi connectivity index (χ0n) is 11.2. The maximum absolute atomic E-state index is 9.95. The highest BCUT2D eigenvalue weighted by Gasteiger charge is 2.60. The van der Waals surface area contributed by atoms with Crippen LogP contribution in [0, 0.1) is 0 Å². The van der Waals surface area contributed by atoms with Gasteiger partial charge in [-0.1, -0.05) is 134 Å². The van der Waals surface area contributed by atoms with Crippen LogP contribution in [-0.4, -0.2) is 27.3 Å². The molecule has 2 atom stereocenters. The summed E-state index contributed by atoms with van der Waals surface area (Å²) in [5, 5.41) is 9.95. The fraction of sp³-hybridized carbons (Fsp3) is 1.00. The second kappa shape index (κ2) is 8.80. The lowest BCUT2D eigenvalue weighted by molar-refractivity contribution is 0.231. The second-order valence-electron chi connectivity index (χ2n) is 5.45. The zero-order chi connectivity index (χ0) is 15.4. The summed E-state index contributed by atoms with van der Waals surface area (Å²) in [6.07, 6.45) is 9.38. The molecule has 0 heterocycles. The molecule has 0 aliphatic heterocycles. The molecule has 0 aromatic rings. The lowest BCUT2D eigenvalue weighted by Gasteiger charge is -2.48. The van der Waals surface area contributed by atoms with E-state index >= 15 is 0 Å². The summed E-state index contributed by atoms with van der Waals surface area (Å²) in [5.74, 6) is 0. The van der Waals surface area contributed by atoms with Crippen molar-refractivity contribution in [2.24, 2.45) is 0 Å². The number of hydrogen-bond acceptors (Lipinski definition) is 1. The van der Waals surface area contributed by atoms with Crippen molar-refractivity contribution in [3.8, 4) is 0 Å². The van der Waals surface area contributed by atoms with Gasteiger partial charge in [-0.05, 0) is 12.8 Å². The molecular formula is C13H20Br6O. The molecule has 1 nitrogen and oxygen atoms in total. The Morgan fingerprint density at radius 2 is 1.35 bits per heavy atom. The van der Waals surface area contributed by atoms with Crippen LogP contribution >= 0.6 is 95.6 Å². The highest BCUT2D eigenvalue weighted by Crippen LogP contribution is 2.62. The standard InChI is InChI=1S/C13H20Br6O/c14-10-7-5-3-1-2-4-6-8-11(15,9-20)13(18,19)12(10,16)17/h10,20H,1-9H2. The average Bonchev–Trinajstić information content (AvgIpc) is 2.39. The van der Waals surface area contributed by atoms with Crippen LogP contribution < -0.4 is 0 Å². The molecule has 20 heavy (non-hydrogen) atoms. The van der Waals surface area contributed by atoms with Gasteiger partial charge < -0.3 is 5.11 Å². The first-order chi connectivity index (χ1) is 9.19. The maximum atomic E-state index is 9.95. The van der Waals surface area contributed by atoms with Crippen molar-refractivity contribution in [1.29, 1.82) is 0 Å². The smallest absolute Gasteiger partial charge is 0.124 e. The molecule has 0 bridgehead atoms. The molecule has 0 radical (unpaired) electrons. The molecule has 0 amide bonds. The first-order valence-electron chi connectivity index (χ1n) is 6.88. The normalized spacial score (nSPS) is 35.9. The molecule has 1 rings (SSSR count). The van der Waals surface area contributed by atoms with Crippen LogP contribution in [-0.2, 0) is 0 Å². The first-order valence-corrected chi connectivity index (χ1v) is 11.8. The Kier molecular flexibility index (Phi) is 9.18. The fourth-order valence-corrected chi connectivity index (χ4v) is 7.27. The summed E-state index contributed by atoms with van der Waals surface area (Å²) in [5.41, 5.74) is 0. The van der Waals surface area contributed by atoms with Crippen LogP contribution in [0.15, 0.2) is 0 Å². The lowest BCUT2D eigenvalue weighted by atomic mass is 9.92. The third kappa shape index (κ3) is 4.69. The van der Waals surface area contributed by atoms with Crippen LogP contribution in [0.5, 0.6) is 0 Å². The Hall–Kier alpha value is 2.84. The van der Waals surface area contributed by atoms with Gasteiger partial charge in [-0.25, -0.2) is 0 Å². The summed E-state index contributed by atoms with van der Waals surface area (Å²) in [4.78, 5) is 0.233. The van der Waals surface area contributed by atoms with Gasteiger partial charge in [-0.3, -0.25) is 0 Å². The van der Waals surface area contributed by atoms with E-state index < -0.39 is 10.8 Å². The number of alkyl halides is 6. The molecule has 1 N–H and O–H groups in total. The number of aliphatic hydroxyl groups is 1. The van der Waals surface area contributed by atoms with Crippen molar-refractivity contribution in [2.75, 3.05) is 6.61 Å². The molecule has 0 aromatic carbocycles. The van der Waals surface area contributed by atoms with Gasteiger partial charge in [0.15, 0.2) is 0 Å². The summed E-state index contributed by atoms with van der Waals surface area (Å²) >= 11 is 22.9. The van der Waals surface area contributed by atoms with Crippen molar-refractivity contribution in [3.63, 3.8) is 0 Å². The van der Waals surface area contributed by atoms with Gasteiger partial charge in [-0.2, -0.15) is 0 Å². The highest BCUT2D eigenvalue weighted by molar-refractivity contribution is 9.31. The highest BCUT2D eigenvalue weighted by atomic mass is 79.9. The Balaban J connectivity index is 3.04. The van der Waals surface area contributed by atoms with Gasteiger partial charge in [0.2, 0.25) is 0 Å². The molecule has 1 saturated carbocycles. The zero-order valence-corrected chi connectivity index (χ0v) is 20.7. The number of hydrogen-bond donors (Lipinski definition) is 1. The van der Waals surface area contributed by atoms with E-state index in [1.54, 1.807) is 0 Å². The second-order valence-corrected chi connectivity index (χ2v) is 15.1. The van der Waals surface area contributed by atoms with Gasteiger partial charge in [0, 0.05) is 4.83 Å². The monoisotopic (exact) mass is 666 g/mol. The molecule has 120 valence electrons. The van der Waals surface area contributed by atoms with E-state index in [0.29, 0.717) is 0 Å². The quantitative estimate of drug-likeness (QED) is 0.299. The molecular weight excluding hydrogens is 652 g/mol. The summed E-state index contributed by atoms with van der Waals surface area (Å²) in [6, 6.07) is 0. The Labute approximate surface area is 172 Å². The minimum atomic E-state index is -0.526. The molecule has 1 fully saturated rings. The van der Waals surface area contributed by atoms with Crippen molar-refractivity contribution >= 4 is 95.6 Å². The lowest BCUT2D eigenvalue weighted by Crippen LogP contribution is -2.56. The minimum Gasteiger partial charge on any atom is -0.395 e. The van der Waals surface area contributed by atoms with E-state index in [1.165, 1.54) is 32.1 Å². The predicted octanol–water partition coefficient (Wildman–Crippen LogP) is 6.98. The van der Waals surface area contributed by atoms with Gasteiger partial charge in [0.05, 0.1) is 10.9 Å². The minimum absolute atomic E-state index is 0.0577. The Morgan fingerprint density at radius 3 is 1.90 bits per heavy atom. The van der Waals surface area contributed by atoms with Crippen molar-refractivity contribution < 1.29 is 5.11 Å². The van der Waals surface area contributed by atoms with Crippen LogP contribution in [0.3, 0.4) is 0 Å². The first kappa shape index (κ1) is 20.9. The Bertz CT molecular complexity index is 302.